The van der Waals surface area contributed by atoms with E-state index < -0.39 is 0 Å². The number of fused-ring (bicyclic) bond motifs is 1. The summed E-state index contributed by atoms with van der Waals surface area (Å²) in [7, 11) is 1.41. The second kappa shape index (κ2) is 7.16. The molecule has 3 aromatic heterocycles. The van der Waals surface area contributed by atoms with E-state index in [1.54, 1.807) is 30.6 Å². The van der Waals surface area contributed by atoms with E-state index in [0.29, 0.717) is 38.9 Å². The molecule has 0 amide bonds. The lowest BCUT2D eigenvalue weighted by molar-refractivity contribution is 0.168. The topological polar surface area (TPSA) is 97.7 Å². The number of rotatable bonds is 4. The van der Waals surface area contributed by atoms with Gasteiger partial charge in [0.1, 0.15) is 7.11 Å². The average molecular weight is 495 g/mol. The summed E-state index contributed by atoms with van der Waals surface area (Å²) in [6.07, 6.45) is 3.28. The third-order valence-corrected chi connectivity index (χ3v) is 5.07. The van der Waals surface area contributed by atoms with Gasteiger partial charge in [0.15, 0.2) is 11.5 Å². The zero-order valence-corrected chi connectivity index (χ0v) is 16.8. The van der Waals surface area contributed by atoms with Gasteiger partial charge in [-0.25, -0.2) is 4.98 Å². The quantitative estimate of drug-likeness (QED) is 0.423. The maximum atomic E-state index is 13.0. The lowest BCUT2D eigenvalue weighted by Gasteiger charge is -2.13. The fraction of sp³-hybridized carbons (Fsp3) is 0.0588. The van der Waals surface area contributed by atoms with Crippen LogP contribution in [0.5, 0.6) is 0 Å². The highest BCUT2D eigenvalue weighted by atomic mass is 127. The van der Waals surface area contributed by atoms with Crippen LogP contribution in [0.4, 0.5) is 11.8 Å². The maximum Gasteiger partial charge on any atom is 0.293 e. The van der Waals surface area contributed by atoms with Crippen molar-refractivity contribution in [1.29, 1.82) is 0 Å². The van der Waals surface area contributed by atoms with Gasteiger partial charge in [-0.3, -0.25) is 9.89 Å². The second-order valence-corrected chi connectivity index (χ2v) is 7.06. The van der Waals surface area contributed by atoms with Gasteiger partial charge in [-0.1, -0.05) is 17.7 Å². The molecule has 1 aromatic carbocycles. The fourth-order valence-electron chi connectivity index (χ4n) is 2.68. The van der Waals surface area contributed by atoms with Crippen LogP contribution < -0.4 is 15.7 Å². The van der Waals surface area contributed by atoms with Crippen LogP contribution in [-0.2, 0) is 0 Å². The molecular weight excluding hydrogens is 483 g/mol. The number of nitrogens with one attached hydrogen (secondary N) is 2. The number of nitrogens with zero attached hydrogens (tertiary/aromatic N) is 4. The third kappa shape index (κ3) is 3.23. The molecule has 0 atom stereocenters. The van der Waals surface area contributed by atoms with Crippen molar-refractivity contribution in [1.82, 2.24) is 24.9 Å². The first kappa shape index (κ1) is 17.7. The summed E-state index contributed by atoms with van der Waals surface area (Å²) in [6, 6.07) is 8.91. The average Bonchev–Trinajstić information content (AvgIpc) is 3.15. The molecule has 27 heavy (non-hydrogen) atoms. The van der Waals surface area contributed by atoms with E-state index in [-0.39, 0.29) is 5.56 Å². The Balaban J connectivity index is 1.92. The van der Waals surface area contributed by atoms with Gasteiger partial charge in [-0.15, -0.1) is 4.73 Å². The zero-order valence-electron chi connectivity index (χ0n) is 13.9. The molecular formula is C17H12ClIN6O2. The van der Waals surface area contributed by atoms with Crippen LogP contribution in [0.1, 0.15) is 0 Å². The lowest BCUT2D eigenvalue weighted by atomic mass is 10.1. The number of hydrogen-bond donors (Lipinski definition) is 2. The van der Waals surface area contributed by atoms with Crippen molar-refractivity contribution in [2.75, 3.05) is 12.4 Å². The predicted octanol–water partition coefficient (Wildman–Crippen LogP) is 3.24. The standard InChI is InChI=1S/C17H12ClIN6O2/c1-27-25-15-9(8-20-17(23-15)22-13-5-6-21-24-13)7-10(16(25)26)14-11(18)3-2-4-12(14)19/h2-8H,1H3,(H2,20,21,22,23,24). The Labute approximate surface area is 171 Å². The Morgan fingerprint density at radius 3 is 2.89 bits per heavy atom. The Kier molecular flexibility index (Phi) is 4.70. The normalized spacial score (nSPS) is 10.9. The lowest BCUT2D eigenvalue weighted by Crippen LogP contribution is -2.27. The third-order valence-electron chi connectivity index (χ3n) is 3.86. The van der Waals surface area contributed by atoms with Gasteiger partial charge in [0.25, 0.3) is 5.56 Å². The van der Waals surface area contributed by atoms with Gasteiger partial charge in [-0.2, -0.15) is 10.1 Å². The van der Waals surface area contributed by atoms with Gasteiger partial charge >= 0.3 is 0 Å². The molecule has 2 N–H and O–H groups in total. The van der Waals surface area contributed by atoms with E-state index in [0.717, 1.165) is 8.30 Å². The molecule has 10 heteroatoms. The largest absolute Gasteiger partial charge is 0.412 e. The summed E-state index contributed by atoms with van der Waals surface area (Å²) in [5, 5.41) is 10.8. The summed E-state index contributed by atoms with van der Waals surface area (Å²) >= 11 is 8.49. The number of aromatic nitrogens is 5. The van der Waals surface area contributed by atoms with E-state index >= 15 is 0 Å². The van der Waals surface area contributed by atoms with E-state index in [1.165, 1.54) is 7.11 Å². The Hall–Kier alpha value is -2.66. The molecule has 3 heterocycles. The number of halogens is 2. The van der Waals surface area contributed by atoms with Crippen LogP contribution in [0.25, 0.3) is 22.2 Å². The molecule has 0 unspecified atom stereocenters. The van der Waals surface area contributed by atoms with Crippen LogP contribution in [-0.4, -0.2) is 32.0 Å². The monoisotopic (exact) mass is 494 g/mol. The first-order valence-corrected chi connectivity index (χ1v) is 9.22. The van der Waals surface area contributed by atoms with E-state index in [4.69, 9.17) is 16.4 Å². The van der Waals surface area contributed by atoms with Gasteiger partial charge in [-0.05, 0) is 40.8 Å². The first-order valence-electron chi connectivity index (χ1n) is 7.77. The minimum Gasteiger partial charge on any atom is -0.412 e. The fourth-order valence-corrected chi connectivity index (χ4v) is 3.90. The highest BCUT2D eigenvalue weighted by molar-refractivity contribution is 14.1. The van der Waals surface area contributed by atoms with E-state index in [9.17, 15) is 4.79 Å². The number of hydrogen-bond acceptors (Lipinski definition) is 6. The second-order valence-electron chi connectivity index (χ2n) is 5.49. The van der Waals surface area contributed by atoms with Crippen molar-refractivity contribution in [3.8, 4) is 11.1 Å². The minimum absolute atomic E-state index is 0.292. The Bertz CT molecular complexity index is 1170. The zero-order chi connectivity index (χ0) is 19.0. The first-order chi connectivity index (χ1) is 13.1. The Morgan fingerprint density at radius 2 is 2.19 bits per heavy atom. The number of aromatic amines is 1. The number of H-pyrrole nitrogens is 1. The molecule has 4 aromatic rings. The van der Waals surface area contributed by atoms with Gasteiger partial charge in [0, 0.05) is 38.0 Å². The molecule has 0 radical (unpaired) electrons. The van der Waals surface area contributed by atoms with Gasteiger partial charge in [0.2, 0.25) is 5.95 Å². The molecule has 8 nitrogen and oxygen atoms in total. The van der Waals surface area contributed by atoms with E-state index in [2.05, 4.69) is 48.1 Å². The molecule has 0 spiro atoms. The predicted molar refractivity (Wildman–Crippen MR) is 111 cm³/mol. The summed E-state index contributed by atoms with van der Waals surface area (Å²) in [5.41, 5.74) is 1.04. The minimum atomic E-state index is -0.361. The molecule has 0 bridgehead atoms. The summed E-state index contributed by atoms with van der Waals surface area (Å²) in [5.74, 6) is 0.850. The van der Waals surface area contributed by atoms with Crippen LogP contribution in [0.2, 0.25) is 5.02 Å². The molecule has 136 valence electrons. The van der Waals surface area contributed by atoms with Crippen molar-refractivity contribution >= 4 is 57.0 Å². The molecule has 0 aliphatic carbocycles. The van der Waals surface area contributed by atoms with Crippen molar-refractivity contribution in [2.24, 2.45) is 0 Å². The van der Waals surface area contributed by atoms with E-state index in [1.807, 2.05) is 12.1 Å². The molecule has 0 saturated carbocycles. The number of pyridine rings is 1. The van der Waals surface area contributed by atoms with Crippen LogP contribution >= 0.6 is 34.2 Å². The van der Waals surface area contributed by atoms with Crippen molar-refractivity contribution in [3.63, 3.8) is 0 Å². The smallest absolute Gasteiger partial charge is 0.293 e. The highest BCUT2D eigenvalue weighted by Crippen LogP contribution is 2.31. The summed E-state index contributed by atoms with van der Waals surface area (Å²) in [4.78, 5) is 27.0. The van der Waals surface area contributed by atoms with Crippen LogP contribution in [0.3, 0.4) is 0 Å². The van der Waals surface area contributed by atoms with Gasteiger partial charge in [0.05, 0.1) is 5.56 Å². The molecule has 4 rings (SSSR count). The highest BCUT2D eigenvalue weighted by Gasteiger charge is 2.18. The van der Waals surface area contributed by atoms with Crippen molar-refractivity contribution in [3.05, 3.63) is 61.7 Å². The van der Waals surface area contributed by atoms with Crippen molar-refractivity contribution in [2.45, 2.75) is 0 Å². The number of benzene rings is 1. The number of anilines is 2. The van der Waals surface area contributed by atoms with Crippen molar-refractivity contribution < 1.29 is 4.84 Å². The SMILES string of the molecule is COn1c(=O)c(-c2c(Cl)cccc2I)cc2cnc(Nc3cc[nH]n3)nc21. The Morgan fingerprint density at radius 1 is 1.33 bits per heavy atom. The summed E-state index contributed by atoms with van der Waals surface area (Å²) < 4.78 is 1.98. The molecule has 0 aliphatic rings. The molecule has 0 fully saturated rings. The van der Waals surface area contributed by atoms with Gasteiger partial charge < -0.3 is 10.2 Å². The maximum absolute atomic E-state index is 13.0. The van der Waals surface area contributed by atoms with Crippen LogP contribution in [0.15, 0.2) is 47.5 Å². The van der Waals surface area contributed by atoms with Crippen LogP contribution in [0, 0.1) is 3.57 Å². The molecule has 0 aliphatic heterocycles. The summed E-state index contributed by atoms with van der Waals surface area (Å²) in [6.45, 7) is 0. The molecule has 0 saturated heterocycles.